The molecule has 0 unspecified atom stereocenters. The number of phenolic OH excluding ortho intramolecular Hbond substituents is 3. The molecule has 0 saturated heterocycles. The molecule has 0 spiro atoms. The zero-order valence-electron chi connectivity index (χ0n) is 18.1. The van der Waals surface area contributed by atoms with Crippen molar-refractivity contribution >= 4 is 28.0 Å². The number of ether oxygens (including phenoxy) is 1. The van der Waals surface area contributed by atoms with Crippen LogP contribution in [0.25, 0.3) is 28.0 Å². The number of fused-ring (bicyclic) bond motifs is 2. The van der Waals surface area contributed by atoms with E-state index in [1.54, 1.807) is 0 Å². The Bertz CT molecular complexity index is 1280. The lowest BCUT2D eigenvalue weighted by Crippen LogP contribution is -2.13. The van der Waals surface area contributed by atoms with Crippen molar-refractivity contribution in [3.8, 4) is 23.0 Å². The fourth-order valence-corrected chi connectivity index (χ4v) is 3.38. The maximum absolute atomic E-state index is 13.5. The number of phenols is 3. The third kappa shape index (κ3) is 4.22. The molecule has 0 radical (unpaired) electrons. The van der Waals surface area contributed by atoms with Crippen LogP contribution in [0.15, 0.2) is 39.1 Å². The van der Waals surface area contributed by atoms with Gasteiger partial charge in [-0.1, -0.05) is 17.7 Å². The van der Waals surface area contributed by atoms with Crippen molar-refractivity contribution < 1.29 is 29.6 Å². The average Bonchev–Trinajstić information content (AvgIpc) is 2.64. The van der Waals surface area contributed by atoms with E-state index in [2.05, 4.69) is 0 Å². The van der Waals surface area contributed by atoms with E-state index in [1.165, 1.54) is 45.2 Å². The lowest BCUT2D eigenvalue weighted by Gasteiger charge is -2.14. The van der Waals surface area contributed by atoms with Crippen LogP contribution in [-0.4, -0.2) is 33.1 Å². The highest BCUT2D eigenvalue weighted by Crippen LogP contribution is 2.40. The van der Waals surface area contributed by atoms with Gasteiger partial charge in [0.05, 0.1) is 23.7 Å². The molecule has 0 atom stereocenters. The van der Waals surface area contributed by atoms with Crippen molar-refractivity contribution in [2.75, 3.05) is 7.11 Å². The van der Waals surface area contributed by atoms with Crippen LogP contribution >= 0.6 is 0 Å². The van der Waals surface area contributed by atoms with Crippen LogP contribution in [0.1, 0.15) is 38.8 Å². The number of benzene rings is 2. The molecule has 0 aliphatic heterocycles. The summed E-state index contributed by atoms with van der Waals surface area (Å²) >= 11 is 0. The molecule has 0 bridgehead atoms. The zero-order chi connectivity index (χ0) is 23.1. The first kappa shape index (κ1) is 22.2. The maximum Gasteiger partial charge on any atom is 0.204 e. The molecule has 164 valence electrons. The molecule has 7 nitrogen and oxygen atoms in total. The molecule has 4 N–H and O–H groups in total. The van der Waals surface area contributed by atoms with Gasteiger partial charge in [-0.25, -0.2) is 0 Å². The second-order valence-electron chi connectivity index (χ2n) is 8.22. The molecule has 2 aromatic carbocycles. The Balaban J connectivity index is 2.45. The Morgan fingerprint density at radius 2 is 1.71 bits per heavy atom. The fraction of sp³-hybridized carbons (Fsp3) is 0.292. The highest BCUT2D eigenvalue weighted by atomic mass is 16.5. The normalized spacial score (nSPS) is 12.1. The molecular weight excluding hydrogens is 400 g/mol. The lowest BCUT2D eigenvalue weighted by atomic mass is 9.99. The van der Waals surface area contributed by atoms with Gasteiger partial charge in [-0.3, -0.25) is 4.79 Å². The molecular formula is C24H26O7. The highest BCUT2D eigenvalue weighted by Gasteiger charge is 2.23. The first-order valence-corrected chi connectivity index (χ1v) is 9.74. The van der Waals surface area contributed by atoms with E-state index in [-0.39, 0.29) is 44.8 Å². The van der Waals surface area contributed by atoms with Gasteiger partial charge in [0.15, 0.2) is 11.5 Å². The highest BCUT2D eigenvalue weighted by molar-refractivity contribution is 5.99. The monoisotopic (exact) mass is 426 g/mol. The summed E-state index contributed by atoms with van der Waals surface area (Å²) in [5.41, 5.74) is -0.229. The fourth-order valence-electron chi connectivity index (χ4n) is 3.38. The molecule has 7 heteroatoms. The van der Waals surface area contributed by atoms with Crippen LogP contribution in [-0.2, 0) is 6.42 Å². The largest absolute Gasteiger partial charge is 0.507 e. The molecule has 1 aromatic heterocycles. The van der Waals surface area contributed by atoms with E-state index in [9.17, 15) is 25.2 Å². The smallest absolute Gasteiger partial charge is 0.204 e. The number of hydrogen-bond donors (Lipinski definition) is 4. The van der Waals surface area contributed by atoms with E-state index < -0.39 is 16.8 Å². The summed E-state index contributed by atoms with van der Waals surface area (Å²) in [6.45, 7) is 6.89. The van der Waals surface area contributed by atoms with Crippen molar-refractivity contribution in [2.45, 2.75) is 39.7 Å². The van der Waals surface area contributed by atoms with Gasteiger partial charge >= 0.3 is 0 Å². The number of allylic oxidation sites excluding steroid dienone is 2. The molecule has 0 fully saturated rings. The Labute approximate surface area is 179 Å². The minimum Gasteiger partial charge on any atom is -0.507 e. The lowest BCUT2D eigenvalue weighted by molar-refractivity contribution is 0.134. The quantitative estimate of drug-likeness (QED) is 0.353. The summed E-state index contributed by atoms with van der Waals surface area (Å²) < 4.78 is 11.1. The van der Waals surface area contributed by atoms with Gasteiger partial charge in [-0.15, -0.1) is 0 Å². The van der Waals surface area contributed by atoms with Gasteiger partial charge in [0.25, 0.3) is 0 Å². The number of hydrogen-bond acceptors (Lipinski definition) is 7. The molecule has 0 aliphatic carbocycles. The summed E-state index contributed by atoms with van der Waals surface area (Å²) in [7, 11) is 1.39. The minimum atomic E-state index is -1.19. The molecule has 0 amide bonds. The van der Waals surface area contributed by atoms with Gasteiger partial charge in [0.2, 0.25) is 5.43 Å². The topological polar surface area (TPSA) is 120 Å². The summed E-state index contributed by atoms with van der Waals surface area (Å²) in [6.07, 6.45) is 4.92. The minimum absolute atomic E-state index is 0.0159. The van der Waals surface area contributed by atoms with Crippen LogP contribution < -0.4 is 10.2 Å². The SMILES string of the molecule is COc1c(O)cc2oc3cc(O)c(/C=C/C(C)(C)O)c(O)c3c(=O)c2c1CC=C(C)C. The van der Waals surface area contributed by atoms with Gasteiger partial charge in [0.1, 0.15) is 28.1 Å². The number of aromatic hydroxyl groups is 3. The molecule has 0 saturated carbocycles. The third-order valence-corrected chi connectivity index (χ3v) is 4.86. The van der Waals surface area contributed by atoms with Crippen molar-refractivity contribution in [3.05, 3.63) is 51.2 Å². The Morgan fingerprint density at radius 1 is 1.10 bits per heavy atom. The van der Waals surface area contributed by atoms with Gasteiger partial charge in [-0.2, -0.15) is 0 Å². The van der Waals surface area contributed by atoms with Crippen molar-refractivity contribution in [2.24, 2.45) is 0 Å². The number of aliphatic hydroxyl groups is 1. The third-order valence-electron chi connectivity index (χ3n) is 4.86. The Hall–Kier alpha value is -3.45. The van der Waals surface area contributed by atoms with Crippen LogP contribution in [0, 0.1) is 0 Å². The van der Waals surface area contributed by atoms with Crippen LogP contribution in [0.4, 0.5) is 0 Å². The summed E-state index contributed by atoms with van der Waals surface area (Å²) in [4.78, 5) is 13.5. The second kappa shape index (κ2) is 8.00. The van der Waals surface area contributed by atoms with Crippen molar-refractivity contribution in [3.63, 3.8) is 0 Å². The maximum atomic E-state index is 13.5. The van der Waals surface area contributed by atoms with E-state index in [1.807, 2.05) is 19.9 Å². The van der Waals surface area contributed by atoms with Crippen LogP contribution in [0.3, 0.4) is 0 Å². The second-order valence-corrected chi connectivity index (χ2v) is 8.22. The van der Waals surface area contributed by atoms with Gasteiger partial charge in [-0.05, 0) is 40.2 Å². The first-order chi connectivity index (χ1) is 14.4. The molecule has 1 heterocycles. The molecule has 31 heavy (non-hydrogen) atoms. The molecule has 0 aliphatic rings. The zero-order valence-corrected chi connectivity index (χ0v) is 18.1. The predicted molar refractivity (Wildman–Crippen MR) is 120 cm³/mol. The van der Waals surface area contributed by atoms with Gasteiger partial charge in [0, 0.05) is 17.7 Å². The summed E-state index contributed by atoms with van der Waals surface area (Å²) in [6, 6.07) is 2.49. The predicted octanol–water partition coefficient (Wildman–Crippen LogP) is 4.36. The van der Waals surface area contributed by atoms with Crippen molar-refractivity contribution in [1.82, 2.24) is 0 Å². The summed E-state index contributed by atoms with van der Waals surface area (Å²) in [5, 5.41) is 41.5. The first-order valence-electron chi connectivity index (χ1n) is 9.74. The number of rotatable bonds is 5. The van der Waals surface area contributed by atoms with E-state index in [0.717, 1.165) is 5.57 Å². The standard InChI is InChI=1S/C24H26O7/c1-12(2)6-7-14-19-17(11-16(26)23(14)30-5)31-18-10-15(25)13(8-9-24(3,4)29)21(27)20(18)22(19)28/h6,8-11,25-27,29H,7H2,1-5H3/b9-8+. The van der Waals surface area contributed by atoms with Crippen LogP contribution in [0.5, 0.6) is 23.0 Å². The average molecular weight is 426 g/mol. The van der Waals surface area contributed by atoms with E-state index in [4.69, 9.17) is 9.15 Å². The molecule has 3 aromatic rings. The molecule has 3 rings (SSSR count). The van der Waals surface area contributed by atoms with E-state index >= 15 is 0 Å². The van der Waals surface area contributed by atoms with Crippen LogP contribution in [0.2, 0.25) is 0 Å². The van der Waals surface area contributed by atoms with Crippen molar-refractivity contribution in [1.29, 1.82) is 0 Å². The number of methoxy groups -OCH3 is 1. The Kier molecular flexibility index (Phi) is 5.74. The summed E-state index contributed by atoms with van der Waals surface area (Å²) in [5.74, 6) is -0.827. The van der Waals surface area contributed by atoms with Gasteiger partial charge < -0.3 is 29.6 Å². The van der Waals surface area contributed by atoms with E-state index in [0.29, 0.717) is 12.0 Å². The Morgan fingerprint density at radius 3 is 2.29 bits per heavy atom.